The van der Waals surface area contributed by atoms with E-state index in [2.05, 4.69) is 20.7 Å². The van der Waals surface area contributed by atoms with Crippen LogP contribution < -0.4 is 16.3 Å². The standard InChI is InChI=1S/C29H41FN4O8/c1-16-12-20-19-9-8-17-13-18(36)10-11-26(17,2)28(19,30)22(37)14-27(20,3)29(16,41)21(15-35)31-32-23(38)6-5-7-24(39)33-34-25(40)42-4/h10-11,13,16,19-20,22,35,37,41H,5-9,12,14-15H2,1-4H3,(H,32,38)(H,33,39)(H,34,40)/b31-21-/t16-,19+,20+,22+,26+,27+,28+,29+/m1/s1. The van der Waals surface area contributed by atoms with Crippen LogP contribution in [0, 0.1) is 28.6 Å². The number of rotatable bonds is 7. The number of hydrazone groups is 1. The lowest BCUT2D eigenvalue weighted by Gasteiger charge is -2.62. The number of carbonyl (C=O) groups is 4. The van der Waals surface area contributed by atoms with Gasteiger partial charge in [-0.1, -0.05) is 25.5 Å². The van der Waals surface area contributed by atoms with Gasteiger partial charge in [-0.15, -0.1) is 0 Å². The topological polar surface area (TPSA) is 187 Å². The third-order valence-electron chi connectivity index (χ3n) is 10.4. The predicted molar refractivity (Wildman–Crippen MR) is 148 cm³/mol. The van der Waals surface area contributed by atoms with E-state index in [1.807, 2.05) is 5.43 Å². The lowest BCUT2D eigenvalue weighted by Crippen LogP contribution is -2.69. The lowest BCUT2D eigenvalue weighted by atomic mass is 9.44. The number of ketones is 1. The van der Waals surface area contributed by atoms with Crippen molar-refractivity contribution in [1.29, 1.82) is 0 Å². The number of hydrogen-bond acceptors (Lipinski definition) is 9. The van der Waals surface area contributed by atoms with Crippen molar-refractivity contribution >= 4 is 29.4 Å². The Morgan fingerprint density at radius 2 is 1.86 bits per heavy atom. The van der Waals surface area contributed by atoms with Crippen LogP contribution in [0.4, 0.5) is 9.18 Å². The summed E-state index contributed by atoms with van der Waals surface area (Å²) in [6.07, 6.45) is 3.22. The van der Waals surface area contributed by atoms with Gasteiger partial charge in [0.05, 0.1) is 25.5 Å². The fourth-order valence-corrected chi connectivity index (χ4v) is 8.23. The Bertz CT molecular complexity index is 1240. The van der Waals surface area contributed by atoms with Gasteiger partial charge in [0, 0.05) is 29.6 Å². The van der Waals surface area contributed by atoms with Crippen molar-refractivity contribution in [1.82, 2.24) is 16.3 Å². The molecule has 0 aromatic carbocycles. The maximum Gasteiger partial charge on any atom is 0.425 e. The largest absolute Gasteiger partial charge is 0.452 e. The molecule has 3 fully saturated rings. The molecule has 232 valence electrons. The van der Waals surface area contributed by atoms with Crippen molar-refractivity contribution in [2.45, 2.75) is 83.1 Å². The molecule has 8 atom stereocenters. The summed E-state index contributed by atoms with van der Waals surface area (Å²) in [5.41, 5.74) is 1.03. The third kappa shape index (κ3) is 4.84. The summed E-state index contributed by atoms with van der Waals surface area (Å²) in [5, 5.41) is 38.1. The van der Waals surface area contributed by atoms with E-state index in [1.165, 1.54) is 12.2 Å². The van der Waals surface area contributed by atoms with Crippen molar-refractivity contribution in [3.63, 3.8) is 0 Å². The molecule has 4 rings (SSSR count). The van der Waals surface area contributed by atoms with Crippen LogP contribution in [0.15, 0.2) is 28.9 Å². The van der Waals surface area contributed by atoms with Gasteiger partial charge in [-0.05, 0) is 63.0 Å². The second-order valence-electron chi connectivity index (χ2n) is 12.4. The van der Waals surface area contributed by atoms with E-state index in [4.69, 9.17) is 0 Å². The third-order valence-corrected chi connectivity index (χ3v) is 10.4. The van der Waals surface area contributed by atoms with E-state index in [0.29, 0.717) is 24.8 Å². The van der Waals surface area contributed by atoms with Crippen LogP contribution in [0.25, 0.3) is 0 Å². The number of ether oxygens (including phenoxy) is 1. The highest BCUT2D eigenvalue weighted by Gasteiger charge is 2.75. The second kappa shape index (κ2) is 11.5. The Labute approximate surface area is 243 Å². The number of nitrogens with one attached hydrogen (secondary N) is 3. The zero-order valence-electron chi connectivity index (χ0n) is 24.4. The monoisotopic (exact) mass is 592 g/mol. The van der Waals surface area contributed by atoms with E-state index in [-0.39, 0.29) is 43.1 Å². The normalized spacial score (nSPS) is 38.9. The molecule has 0 bridgehead atoms. The maximum atomic E-state index is 17.3. The minimum Gasteiger partial charge on any atom is -0.452 e. The van der Waals surface area contributed by atoms with E-state index in [0.717, 1.165) is 7.11 Å². The SMILES string of the molecule is COC(=O)NNC(=O)CCCC(=O)N/N=C(/CO)[C@@]1(O)[C@H](C)C[C@H]2[C@@H]3CCC4=CC(=O)C=C[C@]4(C)[C@@]3(F)[C@@H](O)C[C@@]21C. The van der Waals surface area contributed by atoms with E-state index in [1.54, 1.807) is 26.8 Å². The molecule has 3 saturated carbocycles. The van der Waals surface area contributed by atoms with Crippen molar-refractivity contribution in [3.8, 4) is 0 Å². The molecule has 13 heteroatoms. The first-order valence-corrected chi connectivity index (χ1v) is 14.3. The van der Waals surface area contributed by atoms with Gasteiger partial charge in [-0.3, -0.25) is 19.8 Å². The number of hydrazine groups is 1. The molecule has 4 aliphatic rings. The molecule has 0 aromatic rings. The fraction of sp³-hybridized carbons (Fsp3) is 0.690. The zero-order valence-corrected chi connectivity index (χ0v) is 24.4. The average Bonchev–Trinajstić information content (AvgIpc) is 3.14. The minimum absolute atomic E-state index is 0.0713. The quantitative estimate of drug-likeness (QED) is 0.189. The number of fused-ring (bicyclic) bond motifs is 5. The predicted octanol–water partition coefficient (Wildman–Crippen LogP) is 1.36. The Kier molecular flexibility index (Phi) is 8.69. The molecular weight excluding hydrogens is 551 g/mol. The van der Waals surface area contributed by atoms with Crippen LogP contribution in [0.2, 0.25) is 0 Å². The molecule has 0 aromatic heterocycles. The summed E-state index contributed by atoms with van der Waals surface area (Å²) in [5.74, 6) is -2.78. The van der Waals surface area contributed by atoms with E-state index in [9.17, 15) is 34.5 Å². The second-order valence-corrected chi connectivity index (χ2v) is 12.4. The van der Waals surface area contributed by atoms with Crippen molar-refractivity contribution in [3.05, 3.63) is 23.8 Å². The number of methoxy groups -OCH3 is 1. The number of alkyl halides is 1. The molecule has 0 radical (unpaired) electrons. The zero-order chi connectivity index (χ0) is 31.1. The smallest absolute Gasteiger partial charge is 0.425 e. The molecule has 12 nitrogen and oxygen atoms in total. The molecule has 0 aliphatic heterocycles. The van der Waals surface area contributed by atoms with Crippen molar-refractivity contribution < 1.29 is 43.6 Å². The Balaban J connectivity index is 1.50. The number of aliphatic hydroxyl groups excluding tert-OH is 2. The lowest BCUT2D eigenvalue weighted by molar-refractivity contribution is -0.209. The van der Waals surface area contributed by atoms with Crippen LogP contribution in [-0.2, 0) is 19.1 Å². The van der Waals surface area contributed by atoms with Crippen molar-refractivity contribution in [2.75, 3.05) is 13.7 Å². The fourth-order valence-electron chi connectivity index (χ4n) is 8.23. The summed E-state index contributed by atoms with van der Waals surface area (Å²) < 4.78 is 21.7. The van der Waals surface area contributed by atoms with Crippen LogP contribution in [0.5, 0.6) is 0 Å². The Morgan fingerprint density at radius 1 is 1.17 bits per heavy atom. The highest BCUT2D eigenvalue weighted by molar-refractivity contribution is 6.01. The van der Waals surface area contributed by atoms with Crippen LogP contribution in [0.1, 0.15) is 65.7 Å². The van der Waals surface area contributed by atoms with E-state index < -0.39 is 64.6 Å². The van der Waals surface area contributed by atoms with Gasteiger partial charge in [0.1, 0.15) is 5.60 Å². The number of carbonyl (C=O) groups excluding carboxylic acids is 4. The van der Waals surface area contributed by atoms with Gasteiger partial charge in [0.25, 0.3) is 0 Å². The van der Waals surface area contributed by atoms with E-state index >= 15 is 4.39 Å². The molecule has 0 saturated heterocycles. The first-order chi connectivity index (χ1) is 19.7. The molecule has 0 heterocycles. The summed E-state index contributed by atoms with van der Waals surface area (Å²) in [7, 11) is 1.14. The highest BCUT2D eigenvalue weighted by atomic mass is 19.1. The first-order valence-electron chi connectivity index (χ1n) is 14.3. The molecule has 6 N–H and O–H groups in total. The van der Waals surface area contributed by atoms with Crippen LogP contribution in [0.3, 0.4) is 0 Å². The van der Waals surface area contributed by atoms with Gasteiger partial charge in [-0.2, -0.15) is 5.10 Å². The number of allylic oxidation sites excluding steroid dienone is 4. The Morgan fingerprint density at radius 3 is 2.52 bits per heavy atom. The molecule has 42 heavy (non-hydrogen) atoms. The molecular formula is C29H41FN4O8. The minimum atomic E-state index is -2.06. The molecule has 4 aliphatic carbocycles. The highest BCUT2D eigenvalue weighted by Crippen LogP contribution is 2.70. The van der Waals surface area contributed by atoms with Gasteiger partial charge < -0.3 is 20.1 Å². The maximum absolute atomic E-state index is 17.3. The summed E-state index contributed by atoms with van der Waals surface area (Å²) in [6, 6.07) is 0. The number of halogens is 1. The van der Waals surface area contributed by atoms with Gasteiger partial charge in [0.15, 0.2) is 11.5 Å². The van der Waals surface area contributed by atoms with Crippen LogP contribution >= 0.6 is 0 Å². The number of amides is 3. The van der Waals surface area contributed by atoms with Crippen LogP contribution in [-0.4, -0.2) is 75.8 Å². The molecule has 0 spiro atoms. The molecule has 3 amide bonds. The van der Waals surface area contributed by atoms with Gasteiger partial charge >= 0.3 is 6.09 Å². The number of hydrogen-bond donors (Lipinski definition) is 6. The van der Waals surface area contributed by atoms with Crippen molar-refractivity contribution in [2.24, 2.45) is 33.7 Å². The van der Waals surface area contributed by atoms with Gasteiger partial charge in [0.2, 0.25) is 11.8 Å². The number of nitrogens with zero attached hydrogens (tertiary/aromatic N) is 1. The summed E-state index contributed by atoms with van der Waals surface area (Å²) in [4.78, 5) is 47.3. The first kappa shape index (κ1) is 31.8. The summed E-state index contributed by atoms with van der Waals surface area (Å²) in [6.45, 7) is 4.62. The average molecular weight is 593 g/mol. The molecule has 0 unspecified atom stereocenters. The van der Waals surface area contributed by atoms with Gasteiger partial charge in [-0.25, -0.2) is 20.0 Å². The summed E-state index contributed by atoms with van der Waals surface area (Å²) >= 11 is 0. The Hall–Kier alpha value is -3.16. The number of aliphatic hydroxyl groups is 3.